The van der Waals surface area contributed by atoms with Crippen LogP contribution in [0.3, 0.4) is 0 Å². The normalized spacial score (nSPS) is 13.4. The van der Waals surface area contributed by atoms with E-state index in [1.54, 1.807) is 0 Å². The monoisotopic (exact) mass is 262 g/mol. The summed E-state index contributed by atoms with van der Waals surface area (Å²) in [6.07, 6.45) is 0. The number of carbonyl (C=O) groups excluding carboxylic acids is 1. The van der Waals surface area contributed by atoms with Crippen LogP contribution in [-0.2, 0) is 14.8 Å². The van der Waals surface area contributed by atoms with Gasteiger partial charge in [-0.25, -0.2) is 13.1 Å². The number of halogens is 1. The molecule has 1 aromatic rings. The zero-order valence-corrected chi connectivity index (χ0v) is 9.88. The average Bonchev–Trinajstić information content (AvgIpc) is 2.17. The van der Waals surface area contributed by atoms with Crippen molar-refractivity contribution < 1.29 is 18.3 Å². The molecule has 0 heterocycles. The van der Waals surface area contributed by atoms with E-state index in [-0.39, 0.29) is 4.90 Å². The molecule has 0 radical (unpaired) electrons. The van der Waals surface area contributed by atoms with Gasteiger partial charge in [-0.1, -0.05) is 11.6 Å². The molecule has 0 saturated heterocycles. The molecule has 1 atom stereocenters. The van der Waals surface area contributed by atoms with E-state index >= 15 is 0 Å². The Bertz CT molecular complexity index is 483. The highest BCUT2D eigenvalue weighted by molar-refractivity contribution is 7.89. The summed E-state index contributed by atoms with van der Waals surface area (Å²) < 4.78 is 25.2. The van der Waals surface area contributed by atoms with Gasteiger partial charge >= 0.3 is 0 Å². The molecule has 0 spiro atoms. The highest BCUT2D eigenvalue weighted by atomic mass is 35.5. The summed E-state index contributed by atoms with van der Waals surface area (Å²) in [6.45, 7) is 1.18. The van der Waals surface area contributed by atoms with Crippen LogP contribution >= 0.6 is 11.6 Å². The minimum Gasteiger partial charge on any atom is -0.548 e. The Balaban J connectivity index is 2.94. The fourth-order valence-electron chi connectivity index (χ4n) is 0.963. The number of carboxylic acid groups (broad SMARTS) is 1. The second-order valence-corrected chi connectivity index (χ2v) is 5.27. The second kappa shape index (κ2) is 4.82. The number of hydrogen-bond acceptors (Lipinski definition) is 4. The molecule has 0 aromatic heterocycles. The molecule has 1 rings (SSSR count). The predicted octanol–water partition coefficient (Wildman–Crippen LogP) is -0.243. The van der Waals surface area contributed by atoms with Gasteiger partial charge in [0.1, 0.15) is 0 Å². The fourth-order valence-corrected chi connectivity index (χ4v) is 2.28. The molecule has 0 aliphatic rings. The van der Waals surface area contributed by atoms with Crippen molar-refractivity contribution in [3.63, 3.8) is 0 Å². The quantitative estimate of drug-likeness (QED) is 0.811. The Labute approximate surface area is 98.1 Å². The first kappa shape index (κ1) is 13.0. The lowest BCUT2D eigenvalue weighted by Crippen LogP contribution is -2.45. The zero-order chi connectivity index (χ0) is 12.3. The Morgan fingerprint density at radius 3 is 2.31 bits per heavy atom. The molecule has 5 nitrogen and oxygen atoms in total. The molecular weight excluding hydrogens is 254 g/mol. The molecule has 0 saturated carbocycles. The van der Waals surface area contributed by atoms with E-state index in [9.17, 15) is 18.3 Å². The number of nitrogens with one attached hydrogen (secondary N) is 1. The van der Waals surface area contributed by atoms with Crippen molar-refractivity contribution >= 4 is 27.6 Å². The Morgan fingerprint density at radius 2 is 1.88 bits per heavy atom. The first-order valence-electron chi connectivity index (χ1n) is 4.31. The molecule has 88 valence electrons. The predicted molar refractivity (Wildman–Crippen MR) is 56.2 cm³/mol. The molecule has 0 aliphatic heterocycles. The van der Waals surface area contributed by atoms with Crippen molar-refractivity contribution in [1.29, 1.82) is 0 Å². The van der Waals surface area contributed by atoms with Crippen LogP contribution in [0.5, 0.6) is 0 Å². The van der Waals surface area contributed by atoms with Crippen molar-refractivity contribution in [3.05, 3.63) is 29.3 Å². The lowest BCUT2D eigenvalue weighted by Gasteiger charge is -2.14. The number of aliphatic carboxylic acids is 1. The number of carboxylic acids is 1. The summed E-state index contributed by atoms with van der Waals surface area (Å²) >= 11 is 5.60. The first-order chi connectivity index (χ1) is 7.33. The maximum absolute atomic E-state index is 11.6. The summed E-state index contributed by atoms with van der Waals surface area (Å²) in [5, 5.41) is 10.8. The van der Waals surface area contributed by atoms with Gasteiger partial charge in [-0.3, -0.25) is 0 Å². The molecule has 16 heavy (non-hydrogen) atoms. The molecule has 0 amide bonds. The van der Waals surface area contributed by atoms with Crippen molar-refractivity contribution in [1.82, 2.24) is 4.72 Å². The molecule has 1 aromatic carbocycles. The fraction of sp³-hybridized carbons (Fsp3) is 0.222. The first-order valence-corrected chi connectivity index (χ1v) is 6.18. The van der Waals surface area contributed by atoms with Gasteiger partial charge in [-0.15, -0.1) is 0 Å². The Hall–Kier alpha value is -1.11. The van der Waals surface area contributed by atoms with Crippen molar-refractivity contribution in [3.8, 4) is 0 Å². The number of hydrogen-bond donors (Lipinski definition) is 1. The van der Waals surface area contributed by atoms with Crippen molar-refractivity contribution in [2.24, 2.45) is 0 Å². The molecule has 0 aliphatic carbocycles. The third kappa shape index (κ3) is 3.19. The number of rotatable bonds is 4. The smallest absolute Gasteiger partial charge is 0.241 e. The summed E-state index contributed by atoms with van der Waals surface area (Å²) in [6, 6.07) is 4.08. The van der Waals surface area contributed by atoms with Gasteiger partial charge in [0.2, 0.25) is 10.0 Å². The van der Waals surface area contributed by atoms with Gasteiger partial charge in [0.05, 0.1) is 16.9 Å². The van der Waals surface area contributed by atoms with Crippen LogP contribution in [0.15, 0.2) is 29.2 Å². The van der Waals surface area contributed by atoms with E-state index in [4.69, 9.17) is 11.6 Å². The van der Waals surface area contributed by atoms with Crippen LogP contribution in [0, 0.1) is 0 Å². The minimum absolute atomic E-state index is 0.0509. The van der Waals surface area contributed by atoms with Crippen LogP contribution < -0.4 is 9.83 Å². The molecule has 0 fully saturated rings. The van der Waals surface area contributed by atoms with Crippen molar-refractivity contribution in [2.75, 3.05) is 0 Å². The second-order valence-electron chi connectivity index (χ2n) is 3.12. The maximum atomic E-state index is 11.6. The SMILES string of the molecule is CC(NS(=O)(=O)c1ccc(Cl)cc1)C(=O)[O-]. The lowest BCUT2D eigenvalue weighted by molar-refractivity contribution is -0.307. The van der Waals surface area contributed by atoms with Crippen molar-refractivity contribution in [2.45, 2.75) is 17.9 Å². The van der Waals surface area contributed by atoms with Crippen LogP contribution in [0.2, 0.25) is 5.02 Å². The minimum atomic E-state index is -3.85. The molecule has 7 heteroatoms. The van der Waals surface area contributed by atoms with Crippen LogP contribution in [0.1, 0.15) is 6.92 Å². The topological polar surface area (TPSA) is 86.3 Å². The van der Waals surface area contributed by atoms with Gasteiger partial charge in [0.25, 0.3) is 0 Å². The highest BCUT2D eigenvalue weighted by Gasteiger charge is 2.17. The van der Waals surface area contributed by atoms with Gasteiger partial charge < -0.3 is 9.90 Å². The molecule has 0 bridgehead atoms. The summed E-state index contributed by atoms with van der Waals surface area (Å²) in [5.41, 5.74) is 0. The molecule has 1 N–H and O–H groups in total. The van der Waals surface area contributed by atoms with E-state index in [1.165, 1.54) is 31.2 Å². The largest absolute Gasteiger partial charge is 0.548 e. The summed E-state index contributed by atoms with van der Waals surface area (Å²) in [4.78, 5) is 10.4. The van der Waals surface area contributed by atoms with Crippen LogP contribution in [-0.4, -0.2) is 20.4 Å². The maximum Gasteiger partial charge on any atom is 0.241 e. The van der Waals surface area contributed by atoms with E-state index in [1.807, 2.05) is 4.72 Å². The lowest BCUT2D eigenvalue weighted by atomic mass is 10.4. The number of sulfonamides is 1. The molecule has 1 unspecified atom stereocenters. The van der Waals surface area contributed by atoms with E-state index in [0.29, 0.717) is 5.02 Å². The van der Waals surface area contributed by atoms with Gasteiger partial charge in [0, 0.05) is 5.02 Å². The number of benzene rings is 1. The molecular formula is C9H9ClNO4S-. The van der Waals surface area contributed by atoms with Gasteiger partial charge in [-0.05, 0) is 31.2 Å². The van der Waals surface area contributed by atoms with E-state index in [0.717, 1.165) is 0 Å². The standard InChI is InChI=1S/C9H10ClNO4S/c1-6(9(12)13)11-16(14,15)8-4-2-7(10)3-5-8/h2-6,11H,1H3,(H,12,13)/p-1. The van der Waals surface area contributed by atoms with E-state index in [2.05, 4.69) is 0 Å². The Kier molecular flexibility index (Phi) is 3.90. The van der Waals surface area contributed by atoms with Gasteiger partial charge in [-0.2, -0.15) is 0 Å². The summed E-state index contributed by atoms with van der Waals surface area (Å²) in [5.74, 6) is -1.49. The van der Waals surface area contributed by atoms with E-state index < -0.39 is 22.0 Å². The third-order valence-corrected chi connectivity index (χ3v) is 3.62. The summed E-state index contributed by atoms with van der Waals surface area (Å²) in [7, 11) is -3.85. The third-order valence-electron chi connectivity index (χ3n) is 1.81. The average molecular weight is 263 g/mol. The zero-order valence-electron chi connectivity index (χ0n) is 8.31. The Morgan fingerprint density at radius 1 is 1.38 bits per heavy atom. The number of carbonyl (C=O) groups is 1. The van der Waals surface area contributed by atoms with Gasteiger partial charge in [0.15, 0.2) is 0 Å². The van der Waals surface area contributed by atoms with Crippen LogP contribution in [0.4, 0.5) is 0 Å². The van der Waals surface area contributed by atoms with Crippen LogP contribution in [0.25, 0.3) is 0 Å². The highest BCUT2D eigenvalue weighted by Crippen LogP contribution is 2.13.